The topological polar surface area (TPSA) is 272 Å². The van der Waals surface area contributed by atoms with Crippen LogP contribution in [0.5, 0.6) is 57.5 Å². The van der Waals surface area contributed by atoms with Gasteiger partial charge in [0.25, 0.3) is 0 Å². The fraction of sp³-hybridized carbons (Fsp3) is 0.538. The molecule has 5 aliphatic carbocycles. The molecule has 5 radical (unpaired) electrons. The van der Waals surface area contributed by atoms with E-state index >= 15 is 0 Å². The number of allylic oxidation sites excluding steroid dienone is 9. The molecule has 0 bridgehead atoms. The van der Waals surface area contributed by atoms with Crippen LogP contribution >= 0.6 is 0 Å². The molecule has 0 aromatic heterocycles. The summed E-state index contributed by atoms with van der Waals surface area (Å²) in [4.78, 5) is 0. The zero-order valence-electron chi connectivity index (χ0n) is 79.0. The van der Waals surface area contributed by atoms with Gasteiger partial charge in [0.2, 0.25) is 0 Å². The number of rotatable bonds is 26. The first-order chi connectivity index (χ1) is 58.3. The van der Waals surface area contributed by atoms with E-state index in [4.69, 9.17) is 8.85 Å². The van der Waals surface area contributed by atoms with E-state index in [1.165, 1.54) is 49.8 Å². The fourth-order valence-electron chi connectivity index (χ4n) is 18.2. The number of hydrogen-bond donors (Lipinski definition) is 13. The summed E-state index contributed by atoms with van der Waals surface area (Å²) in [5.41, 5.74) is 14.4. The van der Waals surface area contributed by atoms with Gasteiger partial charge in [0.15, 0.2) is 0 Å². The summed E-state index contributed by atoms with van der Waals surface area (Å²) in [6.07, 6.45) is 35.1. The molecular formula is C106H159B2O14V-. The number of aryl methyl sites for hydroxylation is 5. The van der Waals surface area contributed by atoms with Gasteiger partial charge in [-0.3, -0.25) is 0 Å². The number of phenols is 9. The van der Waals surface area contributed by atoms with Gasteiger partial charge >= 0.3 is 0 Å². The molecule has 5 aromatic carbocycles. The number of benzene rings is 5. The number of hydrogen-bond acceptors (Lipinski definition) is 14. The van der Waals surface area contributed by atoms with Crippen LogP contribution in [0.3, 0.4) is 0 Å². The molecule has 14 nitrogen and oxygen atoms in total. The summed E-state index contributed by atoms with van der Waals surface area (Å²) in [5, 5.41) is 136. The molecule has 0 spiro atoms. The first-order valence-corrected chi connectivity index (χ1v) is 43.6. The first-order valence-electron chi connectivity index (χ1n) is 45.9. The van der Waals surface area contributed by atoms with Crippen LogP contribution in [-0.2, 0) is 50.7 Å². The second-order valence-corrected chi connectivity index (χ2v) is 34.8. The summed E-state index contributed by atoms with van der Waals surface area (Å²) >= 11 is 0. The van der Waals surface area contributed by atoms with Crippen molar-refractivity contribution in [1.82, 2.24) is 0 Å². The van der Waals surface area contributed by atoms with Crippen molar-refractivity contribution in [2.24, 2.45) is 17.8 Å². The maximum Gasteiger partial charge on any atom is 0.133 e. The molecule has 6 aliphatic rings. The predicted octanol–water partition coefficient (Wildman–Crippen LogP) is 25.8. The molecule has 10 atom stereocenters. The van der Waals surface area contributed by atoms with Crippen molar-refractivity contribution in [3.63, 3.8) is 0 Å². The molecule has 0 fully saturated rings. The van der Waals surface area contributed by atoms with E-state index in [2.05, 4.69) is 115 Å². The molecule has 0 amide bonds. The van der Waals surface area contributed by atoms with Gasteiger partial charge < -0.3 is 77.9 Å². The molecule has 13 N–H and O–H groups in total. The molecule has 1 aliphatic heterocycles. The van der Waals surface area contributed by atoms with E-state index in [9.17, 15) is 66.4 Å². The quantitative estimate of drug-likeness (QED) is 0.0106. The summed E-state index contributed by atoms with van der Waals surface area (Å²) < 4.78 is 23.8. The Morgan fingerprint density at radius 1 is 0.455 bits per heavy atom. The molecule has 1 heterocycles. The maximum atomic E-state index is 11.4. The second-order valence-electron chi connectivity index (χ2n) is 34.8. The Kier molecular flexibility index (Phi) is 47.0. The van der Waals surface area contributed by atoms with Gasteiger partial charge in [-0.25, -0.2) is 1.37 Å². The fourth-order valence-corrected chi connectivity index (χ4v) is 18.2. The second kappa shape index (κ2) is 53.7. The normalized spacial score (nSPS) is 22.0. The third-order valence-corrected chi connectivity index (χ3v) is 25.1. The monoisotopic (exact) mass is 1730 g/mol. The zero-order chi connectivity index (χ0) is 92.4. The smallest absolute Gasteiger partial charge is 0.133 e. The van der Waals surface area contributed by atoms with E-state index in [0.717, 1.165) is 196 Å². The van der Waals surface area contributed by atoms with Crippen LogP contribution in [0.1, 0.15) is 343 Å². The van der Waals surface area contributed by atoms with E-state index in [1.54, 1.807) is 49.4 Å². The van der Waals surface area contributed by atoms with Crippen molar-refractivity contribution in [2.75, 3.05) is 13.2 Å². The summed E-state index contributed by atoms with van der Waals surface area (Å²) in [7, 11) is 10.2. The van der Waals surface area contributed by atoms with Crippen molar-refractivity contribution < 1.29 is 93.8 Å². The molecule has 5 aromatic rings. The Hall–Kier alpha value is -7.69. The molecule has 0 saturated carbocycles. The van der Waals surface area contributed by atoms with E-state index < -0.39 is 22.7 Å². The predicted molar refractivity (Wildman–Crippen MR) is 514 cm³/mol. The molecule has 0 unspecified atom stereocenters. The average molecular weight is 1730 g/mol. The van der Waals surface area contributed by atoms with E-state index in [-0.39, 0.29) is 147 Å². The minimum atomic E-state index is -1.25. The van der Waals surface area contributed by atoms with Gasteiger partial charge in [-0.15, -0.1) is 0 Å². The van der Waals surface area contributed by atoms with Crippen molar-refractivity contribution in [3.8, 4) is 57.5 Å². The van der Waals surface area contributed by atoms with Gasteiger partial charge in [0.1, 0.15) is 68.7 Å². The van der Waals surface area contributed by atoms with Gasteiger partial charge in [0, 0.05) is 78.7 Å². The standard InChI is InChI=1S/2C21H30O3.C21H30O2.C19H26O4.C19H26O2.CH3B.CH2B.3CH4.V/c1-5-6-7-8-15-12-17(22)19-16-11-14(2)9-10-21(16,23)20(3,4)24-18(19)13-15;1-4-5-6-7-15-11-19(23)21(20(24)12-15)18-10-16(13-22)8-9-17(18)14(2)3;1-5-6-7-8-16-12-19(22)21(20(23)13-16)18-11-15(4)9-10-17(18)14(2)3;1-4-5-13-9-16(21)18(17(22)10-13)15-8-14(11-20)6-7-19(15,23)12(2)3;1-5-6-14-10-17(20)19(18(21)11-14)16-9-13(4)7-8-15(16)12(2)3;2*1-2;;;;/h11-13,16,22-23H,5-10H2,1-4H3;10-12,17-18,22-24H,2,4-9,13H2,1,3H3;11-13,17-18,22-23H,2,5-10H2,1,3-4H3;8-10,15,20-23H,2,4-7,11H2,1,3H3;9-11,15-16,20-21H,2,5-8H2,1,3-4H3;1H3;1H2;3*1H4;/q;;;;;;-1;;;;/t16-,21-;2*17-,18+;15-,19+;15-,16+;;;;;;/m00000....../s1/i;;;;;2*1D;1T;;;. The zero-order valence-corrected chi connectivity index (χ0v) is 77.4. The van der Waals surface area contributed by atoms with Crippen LogP contribution in [-0.4, -0.2) is 112 Å². The third-order valence-electron chi connectivity index (χ3n) is 25.1. The van der Waals surface area contributed by atoms with E-state index in [1.807, 2.05) is 65.8 Å². The SMILES string of the molecule is C.C.C=C(C)[C@@H]1CCC(C)=C[C@H]1c1c(O)cc(CCC)cc1O.C=C(C)[C@@H]1CCC(C)=C[C@H]1c1c(O)cc(CCCCC)cc1O.C=C(C)[C@@H]1CCC(CO)=C[C@H]1c1c(O)cc(CCCCC)cc1O.C=C(C)[C@]1(O)CCC(CO)=C[C@H]1c1c(O)cc(CCC)cc1O.CCCCCc1cc(O)c2c(c1)OC(C)(C)[C@]1(O)CCC(C)=C[C@@H]21.[2H]C[B].[2H][CH-][B].[3H]C.[V]. The molecule has 123 heavy (non-hydrogen) atoms. The number of aliphatic hydroxyl groups excluding tert-OH is 2. The largest absolute Gasteiger partial charge is 0.507 e. The number of unbranched alkanes of at least 4 members (excludes halogenated alkanes) is 6. The molecule has 17 heteroatoms. The Bertz CT molecular complexity index is 4330. The Labute approximate surface area is 762 Å². The van der Waals surface area contributed by atoms with Crippen LogP contribution in [0, 0.1) is 24.6 Å². The number of fused-ring (bicyclic) bond motifs is 3. The van der Waals surface area contributed by atoms with Crippen molar-refractivity contribution >= 4 is 15.7 Å². The molecular weight excluding hydrogens is 1570 g/mol. The first kappa shape index (κ1) is 108. The minimum Gasteiger partial charge on any atom is -0.507 e. The van der Waals surface area contributed by atoms with Crippen molar-refractivity contribution in [3.05, 3.63) is 230 Å². The molecule has 0 saturated heterocycles. The number of phenolic OH excluding ortho intramolecular Hbond substituents is 9. The minimum absolute atomic E-state index is 0. The summed E-state index contributed by atoms with van der Waals surface area (Å²) in [5.74, 6) is 1.85. The maximum absolute atomic E-state index is 11.4. The number of aliphatic hydroxyl groups is 4. The van der Waals surface area contributed by atoms with Gasteiger partial charge in [-0.2, -0.15) is 7.85 Å². The average Bonchev–Trinajstić information content (AvgIpc) is 0.714. The summed E-state index contributed by atoms with van der Waals surface area (Å²) in [6.45, 7) is 45.5. The number of ether oxygens (including phenoxy) is 1. The van der Waals surface area contributed by atoms with Gasteiger partial charge in [-0.05, 0) is 301 Å². The Morgan fingerprint density at radius 2 is 0.764 bits per heavy atom. The van der Waals surface area contributed by atoms with Crippen molar-refractivity contribution in [1.29, 1.82) is 0 Å². The van der Waals surface area contributed by atoms with Gasteiger partial charge in [-0.1, -0.05) is 205 Å². The molecule has 11 rings (SSSR count). The van der Waals surface area contributed by atoms with E-state index in [0.29, 0.717) is 47.1 Å². The Balaban J connectivity index is 0.000000766. The third kappa shape index (κ3) is 29.7. The van der Waals surface area contributed by atoms with Gasteiger partial charge in [0.05, 0.1) is 26.7 Å². The van der Waals surface area contributed by atoms with Crippen molar-refractivity contribution in [2.45, 2.75) is 339 Å². The Morgan fingerprint density at radius 3 is 1.10 bits per heavy atom. The molecule has 679 valence electrons. The summed E-state index contributed by atoms with van der Waals surface area (Å²) in [6, 6.07) is 18.0. The number of aromatic hydroxyl groups is 9. The van der Waals surface area contributed by atoms with Crippen LogP contribution in [0.2, 0.25) is 6.80 Å². The van der Waals surface area contributed by atoms with Crippen LogP contribution in [0.25, 0.3) is 0 Å². The van der Waals surface area contributed by atoms with Crippen LogP contribution in [0.15, 0.2) is 168 Å². The van der Waals surface area contributed by atoms with Crippen LogP contribution < -0.4 is 4.74 Å². The van der Waals surface area contributed by atoms with Crippen LogP contribution in [0.4, 0.5) is 0 Å².